The molecule has 1 aliphatic carbocycles. The molecule has 0 aromatic heterocycles. The van der Waals surface area contributed by atoms with E-state index < -0.39 is 11.7 Å². The van der Waals surface area contributed by atoms with E-state index in [9.17, 15) is 14.3 Å². The third-order valence-corrected chi connectivity index (χ3v) is 2.97. The van der Waals surface area contributed by atoms with Crippen molar-refractivity contribution in [1.82, 2.24) is 5.32 Å². The summed E-state index contributed by atoms with van der Waals surface area (Å²) in [5.74, 6) is -1.09. The second kappa shape index (κ2) is 4.12. The number of phenolic OH excluding ortho intramolecular Hbond substituents is 1. The Morgan fingerprint density at radius 3 is 2.75 bits per heavy atom. The Bertz CT molecular complexity index is 427. The summed E-state index contributed by atoms with van der Waals surface area (Å²) < 4.78 is 13.5. The Morgan fingerprint density at radius 2 is 2.19 bits per heavy atom. The number of hydrogen-bond acceptors (Lipinski definition) is 2. The predicted octanol–water partition coefficient (Wildman–Crippen LogP) is 2.12. The van der Waals surface area contributed by atoms with E-state index >= 15 is 0 Å². The van der Waals surface area contributed by atoms with Crippen molar-refractivity contribution in [3.63, 3.8) is 0 Å². The number of benzene rings is 1. The molecule has 0 saturated heterocycles. The summed E-state index contributed by atoms with van der Waals surface area (Å²) in [6, 6.07) is 2.51. The number of hydrogen-bond donors (Lipinski definition) is 2. The van der Waals surface area contributed by atoms with Crippen molar-refractivity contribution in [3.05, 3.63) is 29.1 Å². The molecule has 16 heavy (non-hydrogen) atoms. The number of halogens is 1. The van der Waals surface area contributed by atoms with E-state index in [2.05, 4.69) is 5.32 Å². The van der Waals surface area contributed by atoms with Gasteiger partial charge >= 0.3 is 0 Å². The van der Waals surface area contributed by atoms with Crippen LogP contribution < -0.4 is 5.32 Å². The highest BCUT2D eigenvalue weighted by Gasteiger charge is 2.22. The average molecular weight is 223 g/mol. The number of rotatable bonds is 2. The lowest BCUT2D eigenvalue weighted by atomic mass is 9.93. The molecule has 86 valence electrons. The highest BCUT2D eigenvalue weighted by atomic mass is 19.1. The molecule has 1 aromatic carbocycles. The summed E-state index contributed by atoms with van der Waals surface area (Å²) in [6.07, 6.45) is 3.00. The molecule has 0 aliphatic heterocycles. The largest absolute Gasteiger partial charge is 0.508 e. The van der Waals surface area contributed by atoms with Gasteiger partial charge in [-0.3, -0.25) is 4.79 Å². The van der Waals surface area contributed by atoms with E-state index in [4.69, 9.17) is 0 Å². The van der Waals surface area contributed by atoms with Crippen LogP contribution in [0.5, 0.6) is 5.75 Å². The number of carbonyl (C=O) groups excluding carboxylic acids is 1. The molecular formula is C12H14FNO2. The fraction of sp³-hybridized carbons (Fsp3) is 0.417. The van der Waals surface area contributed by atoms with Crippen LogP contribution in [-0.4, -0.2) is 17.1 Å². The first-order chi connectivity index (χ1) is 7.58. The van der Waals surface area contributed by atoms with Gasteiger partial charge in [-0.1, -0.05) is 0 Å². The van der Waals surface area contributed by atoms with Crippen LogP contribution in [0.3, 0.4) is 0 Å². The van der Waals surface area contributed by atoms with Gasteiger partial charge in [0, 0.05) is 6.04 Å². The number of aromatic hydroxyl groups is 1. The molecule has 1 amide bonds. The van der Waals surface area contributed by atoms with E-state index in [0.29, 0.717) is 5.56 Å². The molecule has 1 aliphatic rings. The molecule has 0 radical (unpaired) electrons. The maximum Gasteiger partial charge on any atom is 0.254 e. The lowest BCUT2D eigenvalue weighted by Crippen LogP contribution is -2.39. The van der Waals surface area contributed by atoms with E-state index in [1.165, 1.54) is 12.1 Å². The van der Waals surface area contributed by atoms with Crippen LogP contribution in [0.25, 0.3) is 0 Å². The number of phenols is 1. The number of nitrogens with one attached hydrogen (secondary N) is 1. The zero-order valence-electron chi connectivity index (χ0n) is 9.09. The van der Waals surface area contributed by atoms with Crippen molar-refractivity contribution in [1.29, 1.82) is 0 Å². The molecule has 0 atom stereocenters. The summed E-state index contributed by atoms with van der Waals surface area (Å²) in [7, 11) is 0. The molecule has 2 N–H and O–H groups in total. The number of carbonyl (C=O) groups is 1. The number of aryl methyl sites for hydroxylation is 1. The van der Waals surface area contributed by atoms with Crippen LogP contribution in [0.1, 0.15) is 35.2 Å². The van der Waals surface area contributed by atoms with E-state index in [1.54, 1.807) is 6.92 Å². The normalized spacial score (nSPS) is 15.6. The standard InChI is InChI=1S/C12H14FNO2/c1-7-5-10(13)9(6-11(7)15)12(16)14-8-3-2-4-8/h5-6,8,15H,2-4H2,1H3,(H,14,16). The Kier molecular flexibility index (Phi) is 2.81. The monoisotopic (exact) mass is 223 g/mol. The molecule has 1 fully saturated rings. The molecule has 3 nitrogen and oxygen atoms in total. The predicted molar refractivity (Wildman–Crippen MR) is 57.9 cm³/mol. The van der Waals surface area contributed by atoms with Crippen molar-refractivity contribution >= 4 is 5.91 Å². The molecule has 1 saturated carbocycles. The van der Waals surface area contributed by atoms with Crippen molar-refractivity contribution in [2.45, 2.75) is 32.2 Å². The summed E-state index contributed by atoms with van der Waals surface area (Å²) >= 11 is 0. The van der Waals surface area contributed by atoms with Crippen LogP contribution in [-0.2, 0) is 0 Å². The third kappa shape index (κ3) is 2.01. The molecule has 0 spiro atoms. The van der Waals surface area contributed by atoms with Crippen LogP contribution >= 0.6 is 0 Å². The lowest BCUT2D eigenvalue weighted by molar-refractivity contribution is 0.0912. The van der Waals surface area contributed by atoms with Gasteiger partial charge in [0.15, 0.2) is 0 Å². The van der Waals surface area contributed by atoms with Crippen molar-refractivity contribution < 1.29 is 14.3 Å². The smallest absolute Gasteiger partial charge is 0.254 e. The molecular weight excluding hydrogens is 209 g/mol. The van der Waals surface area contributed by atoms with Crippen LogP contribution in [0.4, 0.5) is 4.39 Å². The highest BCUT2D eigenvalue weighted by Crippen LogP contribution is 2.22. The van der Waals surface area contributed by atoms with Gasteiger partial charge in [-0.05, 0) is 43.9 Å². The van der Waals surface area contributed by atoms with Gasteiger partial charge in [0.1, 0.15) is 11.6 Å². The van der Waals surface area contributed by atoms with E-state index in [1.807, 2.05) is 0 Å². The fourth-order valence-electron chi connectivity index (χ4n) is 1.65. The second-order valence-corrected chi connectivity index (χ2v) is 4.22. The first kappa shape index (κ1) is 10.9. The minimum Gasteiger partial charge on any atom is -0.508 e. The van der Waals surface area contributed by atoms with Gasteiger partial charge < -0.3 is 10.4 Å². The quantitative estimate of drug-likeness (QED) is 0.806. The van der Waals surface area contributed by atoms with Gasteiger partial charge in [-0.15, -0.1) is 0 Å². The summed E-state index contributed by atoms with van der Waals surface area (Å²) in [6.45, 7) is 1.59. The first-order valence-electron chi connectivity index (χ1n) is 5.38. The van der Waals surface area contributed by atoms with Crippen LogP contribution in [0, 0.1) is 12.7 Å². The number of amides is 1. The van der Waals surface area contributed by atoms with Gasteiger partial charge in [0.05, 0.1) is 5.56 Å². The topological polar surface area (TPSA) is 49.3 Å². The minimum absolute atomic E-state index is 0.0554. The van der Waals surface area contributed by atoms with Crippen LogP contribution in [0.2, 0.25) is 0 Å². The second-order valence-electron chi connectivity index (χ2n) is 4.22. The van der Waals surface area contributed by atoms with Gasteiger partial charge in [-0.2, -0.15) is 0 Å². The Morgan fingerprint density at radius 1 is 1.50 bits per heavy atom. The van der Waals surface area contributed by atoms with Crippen LogP contribution in [0.15, 0.2) is 12.1 Å². The Hall–Kier alpha value is -1.58. The molecule has 4 heteroatoms. The molecule has 0 bridgehead atoms. The van der Waals surface area contributed by atoms with Crippen molar-refractivity contribution in [2.24, 2.45) is 0 Å². The van der Waals surface area contributed by atoms with Crippen molar-refractivity contribution in [2.75, 3.05) is 0 Å². The summed E-state index contributed by atoms with van der Waals surface area (Å²) in [5.41, 5.74) is 0.340. The summed E-state index contributed by atoms with van der Waals surface area (Å²) in [4.78, 5) is 11.7. The molecule has 0 heterocycles. The maximum atomic E-state index is 13.5. The maximum absolute atomic E-state index is 13.5. The summed E-state index contributed by atoms with van der Waals surface area (Å²) in [5, 5.41) is 12.2. The van der Waals surface area contributed by atoms with Gasteiger partial charge in [0.25, 0.3) is 5.91 Å². The van der Waals surface area contributed by atoms with E-state index in [0.717, 1.165) is 19.3 Å². The Balaban J connectivity index is 2.18. The third-order valence-electron chi connectivity index (χ3n) is 2.97. The molecule has 0 unspecified atom stereocenters. The average Bonchev–Trinajstić information content (AvgIpc) is 2.17. The van der Waals surface area contributed by atoms with Gasteiger partial charge in [0.2, 0.25) is 0 Å². The van der Waals surface area contributed by atoms with Gasteiger partial charge in [-0.25, -0.2) is 4.39 Å². The zero-order chi connectivity index (χ0) is 11.7. The molecule has 1 aromatic rings. The van der Waals surface area contributed by atoms with Crippen molar-refractivity contribution in [3.8, 4) is 5.75 Å². The minimum atomic E-state index is -0.591. The lowest BCUT2D eigenvalue weighted by Gasteiger charge is -2.26. The Labute approximate surface area is 93.3 Å². The fourth-order valence-corrected chi connectivity index (χ4v) is 1.65. The van der Waals surface area contributed by atoms with E-state index in [-0.39, 0.29) is 17.4 Å². The SMILES string of the molecule is Cc1cc(F)c(C(=O)NC2CCC2)cc1O. The zero-order valence-corrected chi connectivity index (χ0v) is 9.09. The highest BCUT2D eigenvalue weighted by molar-refractivity contribution is 5.95. The molecule has 2 rings (SSSR count). The first-order valence-corrected chi connectivity index (χ1v) is 5.38.